The van der Waals surface area contributed by atoms with Crippen molar-refractivity contribution in [3.8, 4) is 0 Å². The van der Waals surface area contributed by atoms with Crippen LogP contribution in [0.1, 0.15) is 49.8 Å². The maximum atomic E-state index is 4.86. The molecule has 28 heavy (non-hydrogen) atoms. The van der Waals surface area contributed by atoms with Gasteiger partial charge in [0.2, 0.25) is 0 Å². The van der Waals surface area contributed by atoms with Crippen LogP contribution in [0.15, 0.2) is 40.9 Å². The summed E-state index contributed by atoms with van der Waals surface area (Å²) in [5, 5.41) is 11.9. The van der Waals surface area contributed by atoms with Gasteiger partial charge in [0.25, 0.3) is 0 Å². The van der Waals surface area contributed by atoms with Crippen LogP contribution in [0.2, 0.25) is 0 Å². The van der Waals surface area contributed by atoms with Gasteiger partial charge in [-0.15, -0.1) is 10.2 Å². The first-order valence-electron chi connectivity index (χ1n) is 10.3. The van der Waals surface area contributed by atoms with E-state index in [0.29, 0.717) is 6.54 Å². The van der Waals surface area contributed by atoms with E-state index in [1.165, 1.54) is 17.6 Å². The lowest BCUT2D eigenvalue weighted by atomic mass is 10.0. The summed E-state index contributed by atoms with van der Waals surface area (Å²) in [7, 11) is 1.99. The molecule has 0 atom stereocenters. The lowest BCUT2D eigenvalue weighted by molar-refractivity contribution is 0.374. The summed E-state index contributed by atoms with van der Waals surface area (Å²) in [6, 6.07) is 10.6. The standard InChI is InChI=1S/C22H32N6/c1-4-5-13-23-22(24-17-21-26-25-18(2)27(21)3)28-14-11-20(12-15-28)16-19-9-7-6-8-10-19/h6-10,16H,4-5,11-15,17H2,1-3H3,(H,23,24). The van der Waals surface area contributed by atoms with Crippen molar-refractivity contribution in [2.24, 2.45) is 12.0 Å². The Hall–Kier alpha value is -2.63. The molecular weight excluding hydrogens is 348 g/mol. The molecule has 1 N–H and O–H groups in total. The van der Waals surface area contributed by atoms with Gasteiger partial charge < -0.3 is 14.8 Å². The molecule has 0 saturated carbocycles. The molecule has 0 bridgehead atoms. The SMILES string of the molecule is CCCCNC(=NCc1nnc(C)n1C)N1CCC(=Cc2ccccc2)CC1. The fraction of sp³-hybridized carbons (Fsp3) is 0.500. The molecule has 6 heteroatoms. The van der Waals surface area contributed by atoms with Crippen molar-refractivity contribution in [3.05, 3.63) is 53.1 Å². The van der Waals surface area contributed by atoms with Gasteiger partial charge in [-0.05, 0) is 31.7 Å². The van der Waals surface area contributed by atoms with E-state index in [2.05, 4.69) is 63.7 Å². The molecule has 2 heterocycles. The average Bonchev–Trinajstić information content (AvgIpc) is 3.04. The second-order valence-corrected chi connectivity index (χ2v) is 7.34. The first-order chi connectivity index (χ1) is 13.7. The highest BCUT2D eigenvalue weighted by Crippen LogP contribution is 2.19. The minimum absolute atomic E-state index is 0.551. The number of hydrogen-bond acceptors (Lipinski definition) is 3. The lowest BCUT2D eigenvalue weighted by Gasteiger charge is -2.31. The van der Waals surface area contributed by atoms with Crippen molar-refractivity contribution in [1.29, 1.82) is 0 Å². The highest BCUT2D eigenvalue weighted by atomic mass is 15.3. The molecule has 2 aromatic rings. The predicted octanol–water partition coefficient (Wildman–Crippen LogP) is 3.55. The Kier molecular flexibility index (Phi) is 7.23. The van der Waals surface area contributed by atoms with E-state index in [-0.39, 0.29) is 0 Å². The van der Waals surface area contributed by atoms with Gasteiger partial charge >= 0.3 is 0 Å². The van der Waals surface area contributed by atoms with Gasteiger partial charge in [-0.25, -0.2) is 4.99 Å². The summed E-state index contributed by atoms with van der Waals surface area (Å²) >= 11 is 0. The number of guanidine groups is 1. The molecule has 1 fully saturated rings. The van der Waals surface area contributed by atoms with Crippen LogP contribution in [0.3, 0.4) is 0 Å². The van der Waals surface area contributed by atoms with Gasteiger partial charge in [0, 0.05) is 26.7 Å². The number of aliphatic imine (C=N–C) groups is 1. The average molecular weight is 381 g/mol. The number of nitrogens with one attached hydrogen (secondary N) is 1. The van der Waals surface area contributed by atoms with Gasteiger partial charge in [0.1, 0.15) is 12.4 Å². The minimum atomic E-state index is 0.551. The number of rotatable bonds is 6. The van der Waals surface area contributed by atoms with Crippen molar-refractivity contribution in [2.75, 3.05) is 19.6 Å². The summed E-state index contributed by atoms with van der Waals surface area (Å²) in [6.45, 7) is 7.67. The number of benzene rings is 1. The van der Waals surface area contributed by atoms with Gasteiger partial charge in [-0.3, -0.25) is 0 Å². The monoisotopic (exact) mass is 380 g/mol. The minimum Gasteiger partial charge on any atom is -0.356 e. The zero-order chi connectivity index (χ0) is 19.8. The molecule has 150 valence electrons. The van der Waals surface area contributed by atoms with Crippen LogP contribution in [0, 0.1) is 6.92 Å². The van der Waals surface area contributed by atoms with E-state index in [4.69, 9.17) is 4.99 Å². The molecule has 0 unspecified atom stereocenters. The highest BCUT2D eigenvalue weighted by molar-refractivity contribution is 5.80. The second kappa shape index (κ2) is 10.1. The Morgan fingerprint density at radius 2 is 1.93 bits per heavy atom. The van der Waals surface area contributed by atoms with E-state index >= 15 is 0 Å². The third-order valence-corrected chi connectivity index (χ3v) is 5.24. The highest BCUT2D eigenvalue weighted by Gasteiger charge is 2.18. The van der Waals surface area contributed by atoms with E-state index < -0.39 is 0 Å². The van der Waals surface area contributed by atoms with Crippen molar-refractivity contribution in [3.63, 3.8) is 0 Å². The van der Waals surface area contributed by atoms with Crippen LogP contribution in [-0.4, -0.2) is 45.3 Å². The van der Waals surface area contributed by atoms with Crippen molar-refractivity contribution < 1.29 is 0 Å². The van der Waals surface area contributed by atoms with Gasteiger partial charge in [-0.1, -0.05) is 55.3 Å². The van der Waals surface area contributed by atoms with Crippen molar-refractivity contribution >= 4 is 12.0 Å². The maximum Gasteiger partial charge on any atom is 0.194 e. The first-order valence-corrected chi connectivity index (χ1v) is 10.3. The Morgan fingerprint density at radius 1 is 1.18 bits per heavy atom. The second-order valence-electron chi connectivity index (χ2n) is 7.34. The molecule has 0 aliphatic carbocycles. The van der Waals surface area contributed by atoms with Crippen LogP contribution >= 0.6 is 0 Å². The number of likely N-dealkylation sites (tertiary alicyclic amines) is 1. The summed E-state index contributed by atoms with van der Waals surface area (Å²) in [4.78, 5) is 7.24. The molecule has 3 rings (SSSR count). The molecule has 0 spiro atoms. The van der Waals surface area contributed by atoms with Crippen LogP contribution in [0.5, 0.6) is 0 Å². The number of nitrogens with zero attached hydrogens (tertiary/aromatic N) is 5. The van der Waals surface area contributed by atoms with E-state index in [0.717, 1.165) is 56.5 Å². The third kappa shape index (κ3) is 5.44. The molecule has 1 aliphatic heterocycles. The summed E-state index contributed by atoms with van der Waals surface area (Å²) in [6.07, 6.45) is 6.81. The number of unbranched alkanes of at least 4 members (excludes halogenated alkanes) is 1. The fourth-order valence-electron chi connectivity index (χ4n) is 3.31. The van der Waals surface area contributed by atoms with Crippen molar-refractivity contribution in [2.45, 2.75) is 46.1 Å². The zero-order valence-electron chi connectivity index (χ0n) is 17.4. The maximum absolute atomic E-state index is 4.86. The molecule has 1 aliphatic rings. The van der Waals surface area contributed by atoms with Crippen molar-refractivity contribution in [1.82, 2.24) is 25.0 Å². The number of aromatic nitrogens is 3. The molecule has 1 aromatic heterocycles. The van der Waals surface area contributed by atoms with Crippen LogP contribution in [-0.2, 0) is 13.6 Å². The van der Waals surface area contributed by atoms with Crippen LogP contribution in [0.4, 0.5) is 0 Å². The molecule has 6 nitrogen and oxygen atoms in total. The predicted molar refractivity (Wildman–Crippen MR) is 115 cm³/mol. The molecule has 0 radical (unpaired) electrons. The number of aryl methyl sites for hydroxylation is 1. The smallest absolute Gasteiger partial charge is 0.194 e. The Balaban J connectivity index is 1.64. The third-order valence-electron chi connectivity index (χ3n) is 5.24. The quantitative estimate of drug-likeness (QED) is 0.473. The molecular formula is C22H32N6. The van der Waals surface area contributed by atoms with Gasteiger partial charge in [0.15, 0.2) is 11.8 Å². The molecule has 0 amide bonds. The van der Waals surface area contributed by atoms with Crippen LogP contribution < -0.4 is 5.32 Å². The summed E-state index contributed by atoms with van der Waals surface area (Å²) in [5.74, 6) is 2.81. The zero-order valence-corrected chi connectivity index (χ0v) is 17.4. The molecule has 1 aromatic carbocycles. The van der Waals surface area contributed by atoms with E-state index in [1.807, 2.05) is 18.5 Å². The fourth-order valence-corrected chi connectivity index (χ4v) is 3.31. The number of piperidine rings is 1. The van der Waals surface area contributed by atoms with E-state index in [9.17, 15) is 0 Å². The van der Waals surface area contributed by atoms with Gasteiger partial charge in [-0.2, -0.15) is 0 Å². The topological polar surface area (TPSA) is 58.3 Å². The Morgan fingerprint density at radius 3 is 2.57 bits per heavy atom. The van der Waals surface area contributed by atoms with E-state index in [1.54, 1.807) is 0 Å². The first kappa shape index (κ1) is 20.1. The Labute approximate surface area is 168 Å². The van der Waals surface area contributed by atoms with Gasteiger partial charge in [0.05, 0.1) is 0 Å². The Bertz CT molecular complexity index is 796. The normalized spacial score (nSPS) is 15.0. The van der Waals surface area contributed by atoms with Crippen LogP contribution in [0.25, 0.3) is 6.08 Å². The summed E-state index contributed by atoms with van der Waals surface area (Å²) < 4.78 is 2.00. The number of hydrogen-bond donors (Lipinski definition) is 1. The summed E-state index contributed by atoms with van der Waals surface area (Å²) in [5.41, 5.74) is 2.80. The lowest BCUT2D eigenvalue weighted by Crippen LogP contribution is -2.44. The largest absolute Gasteiger partial charge is 0.356 e. The molecule has 1 saturated heterocycles.